The molecule has 2 heterocycles. The van der Waals surface area contributed by atoms with E-state index in [1.807, 2.05) is 43.2 Å². The van der Waals surface area contributed by atoms with Crippen LogP contribution < -0.4 is 0 Å². The molecule has 0 unspecified atom stereocenters. The van der Waals surface area contributed by atoms with Crippen LogP contribution in [0.4, 0.5) is 0 Å². The number of benzene rings is 2. The van der Waals surface area contributed by atoms with Gasteiger partial charge in [-0.2, -0.15) is 0 Å². The molecular weight excluding hydrogens is 485 g/mol. The highest BCUT2D eigenvalue weighted by molar-refractivity contribution is 8.77. The van der Waals surface area contributed by atoms with Crippen molar-refractivity contribution in [3.05, 3.63) is 48.5 Å². The van der Waals surface area contributed by atoms with Gasteiger partial charge in [0.1, 0.15) is 0 Å². The smallest absolute Gasteiger partial charge is 0.161 e. The lowest BCUT2D eigenvalue weighted by molar-refractivity contribution is 0.630. The van der Waals surface area contributed by atoms with Gasteiger partial charge in [0.05, 0.1) is 20.4 Å². The first-order chi connectivity index (χ1) is 14.9. The largest absolute Gasteiger partial charge is 0.229 e. The molecule has 0 saturated heterocycles. The second kappa shape index (κ2) is 12.6. The van der Waals surface area contributed by atoms with E-state index in [4.69, 9.17) is 0 Å². The number of aromatic nitrogens is 2. The maximum absolute atomic E-state index is 4.68. The molecule has 0 aliphatic carbocycles. The molecule has 30 heavy (non-hydrogen) atoms. The van der Waals surface area contributed by atoms with Crippen molar-refractivity contribution in [1.29, 1.82) is 0 Å². The molecule has 0 radical (unpaired) electrons. The molecule has 4 rings (SSSR count). The van der Waals surface area contributed by atoms with E-state index >= 15 is 0 Å². The summed E-state index contributed by atoms with van der Waals surface area (Å²) in [6, 6.07) is 16.8. The second-order valence-corrected chi connectivity index (χ2v) is 14.2. The number of rotatable bonds is 13. The Morgan fingerprint density at radius 1 is 0.567 bits per heavy atom. The molecule has 0 amide bonds. The zero-order chi connectivity index (χ0) is 20.4. The molecule has 0 aliphatic rings. The molecule has 8 heteroatoms. The highest BCUT2D eigenvalue weighted by atomic mass is 33.1. The van der Waals surface area contributed by atoms with Crippen LogP contribution in [0.5, 0.6) is 0 Å². The minimum Gasteiger partial charge on any atom is -0.229 e. The van der Waals surface area contributed by atoms with Crippen LogP contribution in [0.15, 0.2) is 57.2 Å². The van der Waals surface area contributed by atoms with Crippen molar-refractivity contribution in [2.75, 3.05) is 11.5 Å². The van der Waals surface area contributed by atoms with Gasteiger partial charge in [0.25, 0.3) is 0 Å². The van der Waals surface area contributed by atoms with Crippen molar-refractivity contribution in [3.63, 3.8) is 0 Å². The Hall–Kier alpha value is -0.380. The first-order valence-corrected chi connectivity index (χ1v) is 16.5. The average molecular weight is 509 g/mol. The van der Waals surface area contributed by atoms with Crippen molar-refractivity contribution in [3.8, 4) is 0 Å². The third-order valence-corrected chi connectivity index (χ3v) is 12.1. The Morgan fingerprint density at radius 2 is 1.00 bits per heavy atom. The van der Waals surface area contributed by atoms with Gasteiger partial charge in [0, 0.05) is 11.5 Å². The van der Waals surface area contributed by atoms with Crippen LogP contribution in [0.1, 0.15) is 38.5 Å². The van der Waals surface area contributed by atoms with Crippen LogP contribution in [0.2, 0.25) is 0 Å². The van der Waals surface area contributed by atoms with Gasteiger partial charge in [-0.15, -0.1) is 22.7 Å². The van der Waals surface area contributed by atoms with Crippen LogP contribution in [0.25, 0.3) is 20.4 Å². The first kappa shape index (κ1) is 22.8. The Bertz CT molecular complexity index is 894. The molecule has 0 saturated carbocycles. The van der Waals surface area contributed by atoms with Crippen molar-refractivity contribution in [1.82, 2.24) is 9.97 Å². The van der Waals surface area contributed by atoms with E-state index in [9.17, 15) is 0 Å². The van der Waals surface area contributed by atoms with E-state index in [2.05, 4.69) is 58.5 Å². The molecule has 0 fully saturated rings. The quantitative estimate of drug-likeness (QED) is 0.132. The zero-order valence-electron chi connectivity index (χ0n) is 16.6. The molecule has 2 aromatic heterocycles. The molecule has 0 N–H and O–H groups in total. The predicted molar refractivity (Wildman–Crippen MR) is 144 cm³/mol. The average Bonchev–Trinajstić information content (AvgIpc) is 3.37. The minimum absolute atomic E-state index is 1.13. The number of nitrogens with zero attached hydrogens (tertiary/aromatic N) is 2. The van der Waals surface area contributed by atoms with Gasteiger partial charge in [-0.1, -0.05) is 71.5 Å². The predicted octanol–water partition coefficient (Wildman–Crippen LogP) is 9.43. The van der Waals surface area contributed by atoms with Crippen LogP contribution in [-0.2, 0) is 0 Å². The normalized spacial score (nSPS) is 11.6. The summed E-state index contributed by atoms with van der Waals surface area (Å²) >= 11 is 3.60. The SMILES string of the molecule is c1ccc2sc(SSCCCCCCCCSSc3nc4ccccc4s3)nc2c1. The van der Waals surface area contributed by atoms with Crippen molar-refractivity contribution < 1.29 is 0 Å². The van der Waals surface area contributed by atoms with Gasteiger partial charge < -0.3 is 0 Å². The Kier molecular flexibility index (Phi) is 9.58. The summed E-state index contributed by atoms with van der Waals surface area (Å²) in [5, 5.41) is 0. The molecule has 2 aromatic carbocycles. The van der Waals surface area contributed by atoms with E-state index in [1.54, 1.807) is 22.7 Å². The van der Waals surface area contributed by atoms with Gasteiger partial charge in [-0.05, 0) is 58.7 Å². The van der Waals surface area contributed by atoms with Crippen LogP contribution in [0, 0.1) is 0 Å². The summed E-state index contributed by atoms with van der Waals surface area (Å²) in [4.78, 5) is 9.36. The van der Waals surface area contributed by atoms with Crippen molar-refractivity contribution >= 4 is 86.3 Å². The molecule has 2 nitrogen and oxygen atoms in total. The fourth-order valence-electron chi connectivity index (χ4n) is 2.99. The fraction of sp³-hybridized carbons (Fsp3) is 0.364. The Balaban J connectivity index is 0.974. The highest BCUT2D eigenvalue weighted by Gasteiger charge is 2.05. The minimum atomic E-state index is 1.13. The van der Waals surface area contributed by atoms with Crippen molar-refractivity contribution in [2.45, 2.75) is 47.2 Å². The second-order valence-electron chi connectivity index (χ2n) is 6.83. The lowest BCUT2D eigenvalue weighted by Gasteiger charge is -2.01. The number of hydrogen-bond donors (Lipinski definition) is 0. The van der Waals surface area contributed by atoms with E-state index in [1.165, 1.54) is 68.1 Å². The zero-order valence-corrected chi connectivity index (χ0v) is 21.5. The summed E-state index contributed by atoms with van der Waals surface area (Å²) in [6.07, 6.45) is 8.04. The number of unbranched alkanes of at least 4 members (excludes halogenated alkanes) is 5. The molecule has 0 aliphatic heterocycles. The molecule has 158 valence electrons. The Labute approximate surface area is 202 Å². The van der Waals surface area contributed by atoms with Crippen LogP contribution in [0.3, 0.4) is 0 Å². The van der Waals surface area contributed by atoms with Gasteiger partial charge in [0.2, 0.25) is 0 Å². The highest BCUT2D eigenvalue weighted by Crippen LogP contribution is 2.38. The number of fused-ring (bicyclic) bond motifs is 2. The maximum atomic E-state index is 4.68. The van der Waals surface area contributed by atoms with Gasteiger partial charge in [0.15, 0.2) is 8.68 Å². The molecule has 4 aromatic rings. The summed E-state index contributed by atoms with van der Waals surface area (Å²) in [7, 11) is 7.57. The number of hydrogen-bond acceptors (Lipinski definition) is 8. The van der Waals surface area contributed by atoms with Crippen LogP contribution >= 0.6 is 65.8 Å². The van der Waals surface area contributed by atoms with E-state index in [0.717, 1.165) is 11.0 Å². The lowest BCUT2D eigenvalue weighted by atomic mass is 10.1. The van der Waals surface area contributed by atoms with E-state index in [-0.39, 0.29) is 0 Å². The first-order valence-electron chi connectivity index (χ1n) is 10.2. The van der Waals surface area contributed by atoms with Gasteiger partial charge >= 0.3 is 0 Å². The van der Waals surface area contributed by atoms with Gasteiger partial charge in [-0.25, -0.2) is 9.97 Å². The van der Waals surface area contributed by atoms with Crippen molar-refractivity contribution in [2.24, 2.45) is 0 Å². The number of para-hydroxylation sites is 2. The monoisotopic (exact) mass is 508 g/mol. The third kappa shape index (κ3) is 7.07. The number of thiazole rings is 2. The topological polar surface area (TPSA) is 25.8 Å². The summed E-state index contributed by atoms with van der Waals surface area (Å²) < 4.78 is 4.94. The fourth-order valence-corrected chi connectivity index (χ4v) is 9.99. The molecule has 0 bridgehead atoms. The molecular formula is C22H24N2S6. The maximum Gasteiger partial charge on any atom is 0.161 e. The summed E-state index contributed by atoms with van der Waals surface area (Å²) in [6.45, 7) is 0. The standard InChI is InChI=1S/C22H24N2S6/c1(3-9-15-25-29-21-23-17-11-5-7-13-19(17)27-21)2-4-10-16-26-30-22-24-18-12-6-8-14-20(18)28-22/h5-8,11-14H,1-4,9-10,15-16H2. The Morgan fingerprint density at radius 3 is 1.47 bits per heavy atom. The molecule has 0 spiro atoms. The van der Waals surface area contributed by atoms with E-state index in [0.29, 0.717) is 0 Å². The molecule has 0 atom stereocenters. The lowest BCUT2D eigenvalue weighted by Crippen LogP contribution is -1.83. The summed E-state index contributed by atoms with van der Waals surface area (Å²) in [5.41, 5.74) is 2.25. The van der Waals surface area contributed by atoms with Gasteiger partial charge in [-0.3, -0.25) is 0 Å². The summed E-state index contributed by atoms with van der Waals surface area (Å²) in [5.74, 6) is 2.44. The third-order valence-electron chi connectivity index (χ3n) is 4.51. The van der Waals surface area contributed by atoms with Crippen LogP contribution in [-0.4, -0.2) is 21.5 Å². The van der Waals surface area contributed by atoms with E-state index < -0.39 is 0 Å².